The van der Waals surface area contributed by atoms with Crippen molar-refractivity contribution in [2.24, 2.45) is 10.9 Å². The molecule has 0 saturated heterocycles. The van der Waals surface area contributed by atoms with Gasteiger partial charge in [-0.1, -0.05) is 38.8 Å². The van der Waals surface area contributed by atoms with Crippen molar-refractivity contribution in [3.63, 3.8) is 0 Å². The SMILES string of the molecule is CC(C)CCCCC(=O)c1cccc(Nc2ccc(C(=O)NC3=NCCCN3)cc2C2CC2)c1. The second-order valence-corrected chi connectivity index (χ2v) is 9.81. The highest BCUT2D eigenvalue weighted by atomic mass is 16.2. The van der Waals surface area contributed by atoms with E-state index >= 15 is 0 Å². The summed E-state index contributed by atoms with van der Waals surface area (Å²) in [6.07, 6.45) is 7.02. The largest absolute Gasteiger partial charge is 0.356 e. The quantitative estimate of drug-likeness (QED) is 0.310. The molecule has 6 nitrogen and oxygen atoms in total. The second kappa shape index (κ2) is 11.3. The summed E-state index contributed by atoms with van der Waals surface area (Å²) in [6, 6.07) is 13.6. The molecule has 180 valence electrons. The molecule has 2 aromatic rings. The van der Waals surface area contributed by atoms with Gasteiger partial charge in [-0.15, -0.1) is 0 Å². The number of carbonyl (C=O) groups excluding carboxylic acids is 2. The Kier molecular flexibility index (Phi) is 7.99. The summed E-state index contributed by atoms with van der Waals surface area (Å²) in [7, 11) is 0. The number of ketones is 1. The number of guanidine groups is 1. The van der Waals surface area contributed by atoms with Gasteiger partial charge in [0.2, 0.25) is 0 Å². The van der Waals surface area contributed by atoms with Gasteiger partial charge in [0.1, 0.15) is 0 Å². The second-order valence-electron chi connectivity index (χ2n) is 9.81. The first kappa shape index (κ1) is 24.0. The molecule has 1 heterocycles. The van der Waals surface area contributed by atoms with Crippen LogP contribution in [0.3, 0.4) is 0 Å². The number of anilines is 2. The molecule has 1 aliphatic heterocycles. The summed E-state index contributed by atoms with van der Waals surface area (Å²) in [5, 5.41) is 9.51. The van der Waals surface area contributed by atoms with Crippen LogP contribution >= 0.6 is 0 Å². The molecule has 1 saturated carbocycles. The first-order valence-electron chi connectivity index (χ1n) is 12.6. The summed E-state index contributed by atoms with van der Waals surface area (Å²) in [5.74, 6) is 1.74. The number of Topliss-reactive ketones (excluding diaryl/α,β-unsaturated/α-hetero) is 1. The van der Waals surface area contributed by atoms with Crippen LogP contribution in [0.2, 0.25) is 0 Å². The fourth-order valence-corrected chi connectivity index (χ4v) is 4.25. The molecule has 0 aromatic heterocycles. The Morgan fingerprint density at radius 3 is 2.68 bits per heavy atom. The maximum Gasteiger partial charge on any atom is 0.257 e. The molecule has 1 fully saturated rings. The van der Waals surface area contributed by atoms with Crippen LogP contribution in [-0.4, -0.2) is 30.7 Å². The number of unbranched alkanes of at least 4 members (excludes halogenated alkanes) is 1. The maximum absolute atomic E-state index is 12.8. The van der Waals surface area contributed by atoms with E-state index < -0.39 is 0 Å². The number of aliphatic imine (C=N–C) groups is 1. The van der Waals surface area contributed by atoms with Crippen LogP contribution in [0.5, 0.6) is 0 Å². The standard InChI is InChI=1S/C28H36N4O2/c1-19(2)7-3-4-10-26(33)21-8-5-9-23(17-21)31-25-14-13-22(18-24(25)20-11-12-20)27(34)32-28-29-15-6-16-30-28/h5,8-9,13-14,17-20,31H,3-4,6-7,10-12,15-16H2,1-2H3,(H2,29,30,32,34). The Morgan fingerprint density at radius 1 is 1.09 bits per heavy atom. The first-order valence-corrected chi connectivity index (χ1v) is 12.6. The van der Waals surface area contributed by atoms with Crippen molar-refractivity contribution in [3.8, 4) is 0 Å². The molecule has 0 bridgehead atoms. The van der Waals surface area contributed by atoms with E-state index in [2.05, 4.69) is 34.8 Å². The molecule has 0 atom stereocenters. The van der Waals surface area contributed by atoms with E-state index in [9.17, 15) is 9.59 Å². The zero-order valence-corrected chi connectivity index (χ0v) is 20.3. The van der Waals surface area contributed by atoms with Gasteiger partial charge >= 0.3 is 0 Å². The third-order valence-corrected chi connectivity index (χ3v) is 6.36. The average Bonchev–Trinajstić information content (AvgIpc) is 3.68. The maximum atomic E-state index is 12.8. The number of carbonyl (C=O) groups is 2. The molecule has 2 aliphatic rings. The van der Waals surface area contributed by atoms with Crippen molar-refractivity contribution in [2.75, 3.05) is 18.4 Å². The van der Waals surface area contributed by atoms with Gasteiger partial charge in [0.25, 0.3) is 5.91 Å². The summed E-state index contributed by atoms with van der Waals surface area (Å²) >= 11 is 0. The predicted octanol–water partition coefficient (Wildman–Crippen LogP) is 5.79. The highest BCUT2D eigenvalue weighted by molar-refractivity contribution is 6.06. The van der Waals surface area contributed by atoms with Gasteiger partial charge in [-0.25, -0.2) is 0 Å². The van der Waals surface area contributed by atoms with Crippen LogP contribution < -0.4 is 16.0 Å². The van der Waals surface area contributed by atoms with E-state index in [1.165, 1.54) is 0 Å². The lowest BCUT2D eigenvalue weighted by molar-refractivity contribution is 0.0968. The molecule has 1 amide bonds. The summed E-state index contributed by atoms with van der Waals surface area (Å²) < 4.78 is 0. The average molecular weight is 461 g/mol. The van der Waals surface area contributed by atoms with Gasteiger partial charge < -0.3 is 10.6 Å². The van der Waals surface area contributed by atoms with Crippen LogP contribution in [0.1, 0.15) is 91.0 Å². The number of nitrogens with zero attached hydrogens (tertiary/aromatic N) is 1. The Morgan fingerprint density at radius 2 is 1.94 bits per heavy atom. The Hall–Kier alpha value is -3.15. The van der Waals surface area contributed by atoms with Crippen LogP contribution in [0, 0.1) is 5.92 Å². The third-order valence-electron chi connectivity index (χ3n) is 6.36. The van der Waals surface area contributed by atoms with Gasteiger partial charge in [-0.05, 0) is 73.4 Å². The smallest absolute Gasteiger partial charge is 0.257 e. The van der Waals surface area contributed by atoms with Crippen LogP contribution in [0.15, 0.2) is 47.5 Å². The molecule has 34 heavy (non-hydrogen) atoms. The van der Waals surface area contributed by atoms with Crippen LogP contribution in [0.25, 0.3) is 0 Å². The lowest BCUT2D eigenvalue weighted by atomic mass is 10.0. The highest BCUT2D eigenvalue weighted by Crippen LogP contribution is 2.44. The lowest BCUT2D eigenvalue weighted by Gasteiger charge is -2.17. The zero-order valence-electron chi connectivity index (χ0n) is 20.3. The molecule has 2 aromatic carbocycles. The van der Waals surface area contributed by atoms with E-state index in [-0.39, 0.29) is 11.7 Å². The number of benzene rings is 2. The highest BCUT2D eigenvalue weighted by Gasteiger charge is 2.27. The molecule has 4 rings (SSSR count). The van der Waals surface area contributed by atoms with Crippen molar-refractivity contribution in [1.82, 2.24) is 10.6 Å². The zero-order chi connectivity index (χ0) is 23.9. The van der Waals surface area contributed by atoms with E-state index in [0.29, 0.717) is 29.8 Å². The third kappa shape index (κ3) is 6.69. The Bertz CT molecular complexity index is 1060. The van der Waals surface area contributed by atoms with E-state index in [1.807, 2.05) is 42.5 Å². The molecule has 0 spiro atoms. The van der Waals surface area contributed by atoms with Crippen molar-refractivity contribution in [3.05, 3.63) is 59.2 Å². The van der Waals surface area contributed by atoms with E-state index in [0.717, 1.165) is 74.1 Å². The van der Waals surface area contributed by atoms with Crippen molar-refractivity contribution < 1.29 is 9.59 Å². The number of nitrogens with one attached hydrogen (secondary N) is 3. The molecule has 0 radical (unpaired) electrons. The predicted molar refractivity (Wildman–Crippen MR) is 138 cm³/mol. The summed E-state index contributed by atoms with van der Waals surface area (Å²) in [4.78, 5) is 29.8. The van der Waals surface area contributed by atoms with E-state index in [4.69, 9.17) is 0 Å². The van der Waals surface area contributed by atoms with Gasteiger partial charge in [0, 0.05) is 42.0 Å². The van der Waals surface area contributed by atoms with Crippen molar-refractivity contribution >= 4 is 29.0 Å². The molecule has 0 unspecified atom stereocenters. The Balaban J connectivity index is 1.43. The number of rotatable bonds is 10. The molecule has 6 heteroatoms. The van der Waals surface area contributed by atoms with Crippen LogP contribution in [-0.2, 0) is 0 Å². The minimum atomic E-state index is -0.147. The van der Waals surface area contributed by atoms with Gasteiger partial charge in [0.15, 0.2) is 11.7 Å². The Labute approximate surface area is 202 Å². The first-order chi connectivity index (χ1) is 16.5. The number of hydrogen-bond acceptors (Lipinski definition) is 5. The topological polar surface area (TPSA) is 82.6 Å². The van der Waals surface area contributed by atoms with Crippen molar-refractivity contribution in [2.45, 2.75) is 64.7 Å². The monoisotopic (exact) mass is 460 g/mol. The summed E-state index contributed by atoms with van der Waals surface area (Å²) in [5.41, 5.74) is 4.42. The number of amides is 1. The molecule has 1 aliphatic carbocycles. The van der Waals surface area contributed by atoms with Gasteiger partial charge in [0.05, 0.1) is 0 Å². The minimum absolute atomic E-state index is 0.147. The number of hydrogen-bond donors (Lipinski definition) is 3. The fraction of sp³-hybridized carbons (Fsp3) is 0.464. The minimum Gasteiger partial charge on any atom is -0.356 e. The summed E-state index contributed by atoms with van der Waals surface area (Å²) in [6.45, 7) is 6.00. The fourth-order valence-electron chi connectivity index (χ4n) is 4.25. The molecular formula is C28H36N4O2. The van der Waals surface area contributed by atoms with Gasteiger partial charge in [-0.2, -0.15) is 0 Å². The van der Waals surface area contributed by atoms with Crippen molar-refractivity contribution in [1.29, 1.82) is 0 Å². The lowest BCUT2D eigenvalue weighted by Crippen LogP contribution is -2.43. The van der Waals surface area contributed by atoms with Crippen LogP contribution in [0.4, 0.5) is 11.4 Å². The van der Waals surface area contributed by atoms with E-state index in [1.54, 1.807) is 0 Å². The molecular weight excluding hydrogens is 424 g/mol. The normalized spacial score (nSPS) is 15.4. The van der Waals surface area contributed by atoms with Gasteiger partial charge in [-0.3, -0.25) is 19.9 Å². The molecule has 3 N–H and O–H groups in total.